The summed E-state index contributed by atoms with van der Waals surface area (Å²) in [7, 11) is 2.18. The number of carbonyl (C=O) groups is 1. The minimum absolute atomic E-state index is 0.0446. The Morgan fingerprint density at radius 2 is 1.97 bits per heavy atom. The third-order valence-electron chi connectivity index (χ3n) is 6.75. The number of carbonyl (C=O) groups excluding carboxylic acids is 1. The molecule has 0 N–H and O–H groups in total. The Balaban J connectivity index is 1.46. The average molecular weight is 432 g/mol. The molecule has 0 aliphatic carbocycles. The summed E-state index contributed by atoms with van der Waals surface area (Å²) >= 11 is 1.71. The SMILES string of the molecule is Cc1nc2ccc(C3=CC(=O)N4C=C(C5CCN(C)CC5)C=CC4=CCC3C)cc2s1. The van der Waals surface area contributed by atoms with Crippen molar-refractivity contribution in [3.05, 3.63) is 70.5 Å². The van der Waals surface area contributed by atoms with Crippen LogP contribution in [0.25, 0.3) is 15.8 Å². The molecule has 3 aliphatic rings. The van der Waals surface area contributed by atoms with Crippen molar-refractivity contribution >= 4 is 33.0 Å². The number of piperidine rings is 1. The van der Waals surface area contributed by atoms with E-state index in [0.29, 0.717) is 5.92 Å². The number of thiazole rings is 1. The normalized spacial score (nSPS) is 23.2. The molecule has 1 amide bonds. The van der Waals surface area contributed by atoms with Gasteiger partial charge in [0.15, 0.2) is 0 Å². The standard InChI is InChI=1S/C26H29N3OS/c1-17-4-7-22-8-5-21(19-10-12-28(3)13-11-19)16-29(22)26(30)15-23(17)20-6-9-24-25(14-20)31-18(2)27-24/h5-9,14-17,19H,4,10-13H2,1-3H3. The molecular weight excluding hydrogens is 402 g/mol. The predicted octanol–water partition coefficient (Wildman–Crippen LogP) is 5.54. The first-order valence-corrected chi connectivity index (χ1v) is 12.0. The van der Waals surface area contributed by atoms with Crippen LogP contribution in [-0.2, 0) is 4.79 Å². The van der Waals surface area contributed by atoms with Gasteiger partial charge in [0, 0.05) is 18.0 Å². The van der Waals surface area contributed by atoms with Crippen LogP contribution in [0.1, 0.15) is 36.8 Å². The fraction of sp³-hybridized carbons (Fsp3) is 0.385. The van der Waals surface area contributed by atoms with Gasteiger partial charge in [0.05, 0.1) is 15.2 Å². The number of rotatable bonds is 2. The smallest absolute Gasteiger partial charge is 0.255 e. The van der Waals surface area contributed by atoms with Crippen LogP contribution < -0.4 is 0 Å². The van der Waals surface area contributed by atoms with Crippen LogP contribution in [0, 0.1) is 18.8 Å². The van der Waals surface area contributed by atoms with Gasteiger partial charge < -0.3 is 4.90 Å². The molecule has 1 aromatic heterocycles. The summed E-state index contributed by atoms with van der Waals surface area (Å²) in [6, 6.07) is 6.38. The second kappa shape index (κ2) is 8.21. The van der Waals surface area contributed by atoms with Gasteiger partial charge in [-0.2, -0.15) is 0 Å². The molecular formula is C26H29N3OS. The van der Waals surface area contributed by atoms with Crippen LogP contribution in [0.15, 0.2) is 60.0 Å². The van der Waals surface area contributed by atoms with Crippen molar-refractivity contribution in [2.45, 2.75) is 33.1 Å². The molecule has 1 fully saturated rings. The molecule has 1 saturated heterocycles. The molecule has 160 valence electrons. The Kier molecular flexibility index (Phi) is 5.40. The molecule has 4 nitrogen and oxygen atoms in total. The first-order chi connectivity index (χ1) is 15.0. The van der Waals surface area contributed by atoms with E-state index in [1.807, 2.05) is 17.9 Å². The lowest BCUT2D eigenvalue weighted by Gasteiger charge is -2.33. The highest BCUT2D eigenvalue weighted by Gasteiger charge is 2.26. The number of aryl methyl sites for hydroxylation is 1. The first kappa shape index (κ1) is 20.4. The monoisotopic (exact) mass is 431 g/mol. The van der Waals surface area contributed by atoms with Crippen LogP contribution >= 0.6 is 11.3 Å². The number of hydrogen-bond acceptors (Lipinski definition) is 4. The first-order valence-electron chi connectivity index (χ1n) is 11.2. The van der Waals surface area contributed by atoms with Gasteiger partial charge in [-0.3, -0.25) is 9.69 Å². The summed E-state index contributed by atoms with van der Waals surface area (Å²) in [5.41, 5.74) is 5.55. The number of nitrogens with zero attached hydrogens (tertiary/aromatic N) is 3. The van der Waals surface area contributed by atoms with Crippen LogP contribution in [0.2, 0.25) is 0 Å². The predicted molar refractivity (Wildman–Crippen MR) is 128 cm³/mol. The number of hydrogen-bond donors (Lipinski definition) is 0. The number of amides is 1. The van der Waals surface area contributed by atoms with E-state index in [2.05, 4.69) is 66.5 Å². The van der Waals surface area contributed by atoms with Gasteiger partial charge in [0.2, 0.25) is 0 Å². The van der Waals surface area contributed by atoms with E-state index < -0.39 is 0 Å². The van der Waals surface area contributed by atoms with Gasteiger partial charge in [-0.1, -0.05) is 25.1 Å². The molecule has 31 heavy (non-hydrogen) atoms. The summed E-state index contributed by atoms with van der Waals surface area (Å²) in [5, 5.41) is 1.07. The highest BCUT2D eigenvalue weighted by Crippen LogP contribution is 2.35. The molecule has 4 heterocycles. The Morgan fingerprint density at radius 1 is 1.16 bits per heavy atom. The maximum absolute atomic E-state index is 13.4. The topological polar surface area (TPSA) is 36.4 Å². The molecule has 2 aromatic rings. The highest BCUT2D eigenvalue weighted by molar-refractivity contribution is 7.18. The van der Waals surface area contributed by atoms with Crippen LogP contribution in [0.3, 0.4) is 0 Å². The molecule has 5 heteroatoms. The van der Waals surface area contributed by atoms with E-state index in [1.54, 1.807) is 11.3 Å². The number of allylic oxidation sites excluding steroid dienone is 5. The third kappa shape index (κ3) is 4.04. The van der Waals surface area contributed by atoms with Gasteiger partial charge in [-0.25, -0.2) is 4.98 Å². The van der Waals surface area contributed by atoms with Crippen LogP contribution in [0.4, 0.5) is 0 Å². The Labute approximate surface area is 188 Å². The van der Waals surface area contributed by atoms with Crippen molar-refractivity contribution in [1.82, 2.24) is 14.8 Å². The minimum Gasteiger partial charge on any atom is -0.306 e. The second-order valence-corrected chi connectivity index (χ2v) is 10.3. The van der Waals surface area contributed by atoms with Gasteiger partial charge >= 0.3 is 0 Å². The maximum Gasteiger partial charge on any atom is 0.255 e. The van der Waals surface area contributed by atoms with E-state index in [-0.39, 0.29) is 11.8 Å². The van der Waals surface area contributed by atoms with Crippen LogP contribution in [-0.4, -0.2) is 40.8 Å². The number of fused-ring (bicyclic) bond motifs is 2. The van der Waals surface area contributed by atoms with E-state index in [4.69, 9.17) is 0 Å². The van der Waals surface area contributed by atoms with E-state index >= 15 is 0 Å². The zero-order valence-electron chi connectivity index (χ0n) is 18.5. The summed E-state index contributed by atoms with van der Waals surface area (Å²) in [6.45, 7) is 6.48. The van der Waals surface area contributed by atoms with Crippen LogP contribution in [0.5, 0.6) is 0 Å². The van der Waals surface area contributed by atoms with Crippen molar-refractivity contribution in [1.29, 1.82) is 0 Å². The van der Waals surface area contributed by atoms with Crippen molar-refractivity contribution in [2.24, 2.45) is 11.8 Å². The molecule has 0 saturated carbocycles. The second-order valence-electron chi connectivity index (χ2n) is 9.03. The summed E-state index contributed by atoms with van der Waals surface area (Å²) < 4.78 is 1.18. The van der Waals surface area contributed by atoms with E-state index in [1.165, 1.54) is 10.3 Å². The van der Waals surface area contributed by atoms with Crippen molar-refractivity contribution in [3.8, 4) is 0 Å². The number of likely N-dealkylation sites (tertiary alicyclic amines) is 1. The van der Waals surface area contributed by atoms with Crippen molar-refractivity contribution < 1.29 is 4.79 Å². The van der Waals surface area contributed by atoms with E-state index in [0.717, 1.165) is 59.7 Å². The average Bonchev–Trinajstić information content (AvgIpc) is 3.14. The molecule has 0 radical (unpaired) electrons. The van der Waals surface area contributed by atoms with Gasteiger partial charge in [-0.15, -0.1) is 11.3 Å². The fourth-order valence-corrected chi connectivity index (χ4v) is 5.69. The fourth-order valence-electron chi connectivity index (χ4n) is 4.83. The minimum atomic E-state index is 0.0446. The summed E-state index contributed by atoms with van der Waals surface area (Å²) in [6.07, 6.45) is 13.7. The summed E-state index contributed by atoms with van der Waals surface area (Å²) in [5.74, 6) is 0.854. The maximum atomic E-state index is 13.4. The lowest BCUT2D eigenvalue weighted by molar-refractivity contribution is -0.122. The van der Waals surface area contributed by atoms with Crippen molar-refractivity contribution in [2.75, 3.05) is 20.1 Å². The molecule has 1 aromatic carbocycles. The highest BCUT2D eigenvalue weighted by atomic mass is 32.1. The van der Waals surface area contributed by atoms with Crippen molar-refractivity contribution in [3.63, 3.8) is 0 Å². The quantitative estimate of drug-likeness (QED) is 0.627. The molecule has 3 aliphatic heterocycles. The number of benzene rings is 1. The molecule has 0 spiro atoms. The zero-order chi connectivity index (χ0) is 21.5. The van der Waals surface area contributed by atoms with E-state index in [9.17, 15) is 4.79 Å². The molecule has 1 unspecified atom stereocenters. The lowest BCUT2D eigenvalue weighted by Crippen LogP contribution is -2.32. The summed E-state index contributed by atoms with van der Waals surface area (Å²) in [4.78, 5) is 22.2. The van der Waals surface area contributed by atoms with Gasteiger partial charge in [0.25, 0.3) is 5.91 Å². The number of aromatic nitrogens is 1. The Morgan fingerprint density at radius 3 is 2.77 bits per heavy atom. The Bertz CT molecular complexity index is 1140. The van der Waals surface area contributed by atoms with Gasteiger partial charge in [-0.05, 0) is 93.1 Å². The zero-order valence-corrected chi connectivity index (χ0v) is 19.3. The molecule has 5 rings (SSSR count). The lowest BCUT2D eigenvalue weighted by atomic mass is 9.86. The third-order valence-corrected chi connectivity index (χ3v) is 7.68. The Hall–Kier alpha value is -2.50. The molecule has 0 bridgehead atoms. The largest absolute Gasteiger partial charge is 0.306 e. The van der Waals surface area contributed by atoms with Gasteiger partial charge in [0.1, 0.15) is 0 Å². The molecule has 1 atom stereocenters.